The zero-order chi connectivity index (χ0) is 20.6. The van der Waals surface area contributed by atoms with Gasteiger partial charge in [0.05, 0.1) is 0 Å². The van der Waals surface area contributed by atoms with Crippen LogP contribution in [0, 0.1) is 0 Å². The summed E-state index contributed by atoms with van der Waals surface area (Å²) in [5.74, 6) is 0.255. The molecule has 1 heterocycles. The summed E-state index contributed by atoms with van der Waals surface area (Å²) in [6.07, 6.45) is 6.18. The van der Waals surface area contributed by atoms with E-state index in [4.69, 9.17) is 4.98 Å². The summed E-state index contributed by atoms with van der Waals surface area (Å²) in [6, 6.07) is 36.1. The molecule has 2 nitrogen and oxygen atoms in total. The van der Waals surface area contributed by atoms with Gasteiger partial charge in [0, 0.05) is 23.7 Å². The standard InChI is InChI=1S/C29H27N.H3N/c1-23(17-18-24-11-5-2-6-12-24)28-20-19-27(21-25-13-7-3-8-14-25)29(30-28)22-26-15-9-4-10-16-26;/h2-20,23H,21-22H2,1H3;1H3. The molecule has 0 spiro atoms. The Hall–Kier alpha value is -3.49. The van der Waals surface area contributed by atoms with Crippen molar-refractivity contribution in [3.05, 3.63) is 143 Å². The molecule has 4 rings (SSSR count). The van der Waals surface area contributed by atoms with Crippen LogP contribution in [0.4, 0.5) is 0 Å². The van der Waals surface area contributed by atoms with Gasteiger partial charge in [-0.2, -0.15) is 0 Å². The minimum atomic E-state index is 0. The lowest BCUT2D eigenvalue weighted by atomic mass is 9.97. The largest absolute Gasteiger partial charge is 0.344 e. The Morgan fingerprint density at radius 3 is 1.84 bits per heavy atom. The van der Waals surface area contributed by atoms with E-state index >= 15 is 0 Å². The maximum absolute atomic E-state index is 5.13. The first-order chi connectivity index (χ1) is 14.8. The predicted molar refractivity (Wildman–Crippen MR) is 132 cm³/mol. The fourth-order valence-corrected chi connectivity index (χ4v) is 3.64. The predicted octanol–water partition coefficient (Wildman–Crippen LogP) is 7.24. The highest BCUT2D eigenvalue weighted by molar-refractivity contribution is 5.50. The average Bonchev–Trinajstić information content (AvgIpc) is 2.81. The van der Waals surface area contributed by atoms with Crippen LogP contribution in [-0.4, -0.2) is 4.98 Å². The lowest BCUT2D eigenvalue weighted by Gasteiger charge is -2.14. The summed E-state index contributed by atoms with van der Waals surface area (Å²) < 4.78 is 0. The van der Waals surface area contributed by atoms with E-state index in [1.54, 1.807) is 0 Å². The Balaban J connectivity index is 0.00000272. The average molecular weight is 407 g/mol. The lowest BCUT2D eigenvalue weighted by molar-refractivity contribution is 0.871. The van der Waals surface area contributed by atoms with Crippen molar-refractivity contribution in [3.8, 4) is 0 Å². The van der Waals surface area contributed by atoms with Crippen LogP contribution in [0.5, 0.6) is 0 Å². The fourth-order valence-electron chi connectivity index (χ4n) is 3.64. The molecular formula is C29H30N2. The summed E-state index contributed by atoms with van der Waals surface area (Å²) in [5, 5.41) is 0. The molecule has 0 radical (unpaired) electrons. The second-order valence-corrected chi connectivity index (χ2v) is 7.73. The molecule has 1 unspecified atom stereocenters. The normalized spacial score (nSPS) is 11.8. The summed E-state index contributed by atoms with van der Waals surface area (Å²) in [5.41, 5.74) is 7.41. The maximum Gasteiger partial charge on any atom is 0.0486 e. The first kappa shape index (κ1) is 22.2. The van der Waals surface area contributed by atoms with Crippen LogP contribution in [-0.2, 0) is 12.8 Å². The first-order valence-corrected chi connectivity index (χ1v) is 10.6. The van der Waals surface area contributed by atoms with Gasteiger partial charge in [-0.1, -0.05) is 116 Å². The van der Waals surface area contributed by atoms with E-state index in [2.05, 4.69) is 116 Å². The van der Waals surface area contributed by atoms with Gasteiger partial charge in [0.2, 0.25) is 0 Å². The molecule has 3 aromatic carbocycles. The number of allylic oxidation sites excluding steroid dienone is 1. The van der Waals surface area contributed by atoms with Crippen molar-refractivity contribution >= 4 is 6.08 Å². The second-order valence-electron chi connectivity index (χ2n) is 7.73. The van der Waals surface area contributed by atoms with Crippen molar-refractivity contribution in [2.45, 2.75) is 25.7 Å². The Bertz CT molecular complexity index is 1090. The number of rotatable bonds is 7. The highest BCUT2D eigenvalue weighted by atomic mass is 14.7. The summed E-state index contributed by atoms with van der Waals surface area (Å²) in [4.78, 5) is 5.13. The molecule has 0 saturated heterocycles. The summed E-state index contributed by atoms with van der Waals surface area (Å²) in [6.45, 7) is 2.21. The Morgan fingerprint density at radius 1 is 0.677 bits per heavy atom. The molecule has 0 amide bonds. The van der Waals surface area contributed by atoms with Crippen molar-refractivity contribution in [1.29, 1.82) is 0 Å². The molecule has 3 N–H and O–H groups in total. The lowest BCUT2D eigenvalue weighted by Crippen LogP contribution is -2.05. The minimum absolute atomic E-state index is 0. The van der Waals surface area contributed by atoms with Gasteiger partial charge in [0.1, 0.15) is 0 Å². The Kier molecular flexibility index (Phi) is 7.91. The van der Waals surface area contributed by atoms with Gasteiger partial charge in [0.15, 0.2) is 0 Å². The molecule has 31 heavy (non-hydrogen) atoms. The number of aromatic nitrogens is 1. The third-order valence-corrected chi connectivity index (χ3v) is 5.39. The third-order valence-electron chi connectivity index (χ3n) is 5.39. The molecule has 0 aliphatic heterocycles. The highest BCUT2D eigenvalue weighted by Crippen LogP contribution is 2.22. The van der Waals surface area contributed by atoms with Crippen molar-refractivity contribution in [1.82, 2.24) is 11.1 Å². The van der Waals surface area contributed by atoms with Gasteiger partial charge in [0.25, 0.3) is 0 Å². The smallest absolute Gasteiger partial charge is 0.0486 e. The quantitative estimate of drug-likeness (QED) is 0.351. The Labute approximate surface area is 185 Å². The van der Waals surface area contributed by atoms with Crippen LogP contribution >= 0.6 is 0 Å². The van der Waals surface area contributed by atoms with Gasteiger partial charge in [-0.3, -0.25) is 4.98 Å². The molecule has 1 aromatic heterocycles. The number of nitrogens with zero attached hydrogens (tertiary/aromatic N) is 1. The molecular weight excluding hydrogens is 376 g/mol. The zero-order valence-corrected chi connectivity index (χ0v) is 18.1. The van der Waals surface area contributed by atoms with E-state index in [0.29, 0.717) is 0 Å². The van der Waals surface area contributed by atoms with Crippen LogP contribution in [0.3, 0.4) is 0 Å². The van der Waals surface area contributed by atoms with Crippen LogP contribution in [0.2, 0.25) is 0 Å². The topological polar surface area (TPSA) is 47.9 Å². The van der Waals surface area contributed by atoms with Gasteiger partial charge in [-0.15, -0.1) is 0 Å². The zero-order valence-electron chi connectivity index (χ0n) is 18.1. The fraction of sp³-hybridized carbons (Fsp3) is 0.138. The van der Waals surface area contributed by atoms with E-state index < -0.39 is 0 Å². The minimum Gasteiger partial charge on any atom is -0.344 e. The van der Waals surface area contributed by atoms with Crippen molar-refractivity contribution < 1.29 is 0 Å². The number of benzene rings is 3. The third kappa shape index (κ3) is 6.24. The summed E-state index contributed by atoms with van der Waals surface area (Å²) >= 11 is 0. The summed E-state index contributed by atoms with van der Waals surface area (Å²) in [7, 11) is 0. The van der Waals surface area contributed by atoms with Crippen molar-refractivity contribution in [3.63, 3.8) is 0 Å². The van der Waals surface area contributed by atoms with Crippen LogP contribution in [0.15, 0.2) is 109 Å². The van der Waals surface area contributed by atoms with E-state index in [0.717, 1.165) is 18.5 Å². The maximum atomic E-state index is 5.13. The van der Waals surface area contributed by atoms with Gasteiger partial charge in [-0.05, 0) is 34.7 Å². The van der Waals surface area contributed by atoms with Gasteiger partial charge < -0.3 is 6.15 Å². The van der Waals surface area contributed by atoms with Gasteiger partial charge in [-0.25, -0.2) is 0 Å². The molecule has 1 atom stereocenters. The highest BCUT2D eigenvalue weighted by Gasteiger charge is 2.11. The van der Waals surface area contributed by atoms with Crippen LogP contribution in [0.1, 0.15) is 46.5 Å². The van der Waals surface area contributed by atoms with Gasteiger partial charge >= 0.3 is 0 Å². The molecule has 4 aromatic rings. The first-order valence-electron chi connectivity index (χ1n) is 10.6. The van der Waals surface area contributed by atoms with Crippen molar-refractivity contribution in [2.24, 2.45) is 0 Å². The molecule has 0 aliphatic carbocycles. The molecule has 0 fully saturated rings. The van der Waals surface area contributed by atoms with E-state index in [1.165, 1.54) is 27.9 Å². The molecule has 0 saturated carbocycles. The number of hydrogen-bond acceptors (Lipinski definition) is 2. The van der Waals surface area contributed by atoms with E-state index in [-0.39, 0.29) is 12.1 Å². The second kappa shape index (κ2) is 11.1. The molecule has 2 heteroatoms. The van der Waals surface area contributed by atoms with E-state index in [9.17, 15) is 0 Å². The molecule has 156 valence electrons. The molecule has 0 bridgehead atoms. The number of pyridine rings is 1. The SMILES string of the molecule is CC(C=Cc1ccccc1)c1ccc(Cc2ccccc2)c(Cc2ccccc2)n1.N. The molecule has 0 aliphatic rings. The van der Waals surface area contributed by atoms with E-state index in [1.807, 2.05) is 6.07 Å². The van der Waals surface area contributed by atoms with Crippen molar-refractivity contribution in [2.75, 3.05) is 0 Å². The Morgan fingerprint density at radius 2 is 1.23 bits per heavy atom. The number of hydrogen-bond donors (Lipinski definition) is 1. The van der Waals surface area contributed by atoms with Crippen LogP contribution in [0.25, 0.3) is 6.08 Å². The van der Waals surface area contributed by atoms with Crippen LogP contribution < -0.4 is 6.15 Å². The monoisotopic (exact) mass is 406 g/mol.